The molecule has 2 unspecified atom stereocenters. The van der Waals surface area contributed by atoms with E-state index in [0.29, 0.717) is 6.42 Å². The summed E-state index contributed by atoms with van der Waals surface area (Å²) in [4.78, 5) is 27.8. The van der Waals surface area contributed by atoms with Gasteiger partial charge in [0.05, 0.1) is 23.3 Å². The van der Waals surface area contributed by atoms with Gasteiger partial charge < -0.3 is 10.2 Å². The Labute approximate surface area is 156 Å². The van der Waals surface area contributed by atoms with E-state index in [4.69, 9.17) is 0 Å². The zero-order valence-electron chi connectivity index (χ0n) is 14.8. The van der Waals surface area contributed by atoms with Gasteiger partial charge in [0.2, 0.25) is 0 Å². The molecule has 1 aliphatic heterocycles. The molecule has 5 fully saturated rings. The van der Waals surface area contributed by atoms with Crippen LogP contribution in [0.4, 0.5) is 0 Å². The van der Waals surface area contributed by atoms with E-state index in [-0.39, 0.29) is 28.2 Å². The maximum Gasteiger partial charge on any atom is 0.329 e. The van der Waals surface area contributed by atoms with E-state index in [1.807, 2.05) is 0 Å². The maximum atomic E-state index is 12.7. The van der Waals surface area contributed by atoms with Crippen LogP contribution in [0.5, 0.6) is 0 Å². The highest BCUT2D eigenvalue weighted by Gasteiger charge is 2.52. The third-order valence-corrected chi connectivity index (χ3v) is 8.82. The van der Waals surface area contributed by atoms with E-state index in [1.165, 1.54) is 31.0 Å². The van der Waals surface area contributed by atoms with Crippen molar-refractivity contribution in [3.8, 4) is 0 Å². The second-order valence-corrected chi connectivity index (χ2v) is 10.4. The van der Waals surface area contributed by atoms with Gasteiger partial charge in [-0.15, -0.1) is 11.8 Å². The molecule has 5 aliphatic rings. The summed E-state index contributed by atoms with van der Waals surface area (Å²) in [6.07, 6.45) is 8.70. The van der Waals surface area contributed by atoms with Crippen molar-refractivity contribution < 1.29 is 10.2 Å². The Hall–Kier alpha value is -1.05. The maximum absolute atomic E-state index is 12.7. The molecule has 1 aromatic rings. The molecule has 3 atom stereocenters. The molecule has 6 nitrogen and oxygen atoms in total. The monoisotopic (exact) mass is 378 g/mol. The lowest BCUT2D eigenvalue weighted by Crippen LogP contribution is -2.51. The Balaban J connectivity index is 1.55. The fourth-order valence-corrected chi connectivity index (χ4v) is 7.95. The topological polar surface area (TPSA) is 95.3 Å². The lowest BCUT2D eigenvalue weighted by Gasteiger charge is -2.56. The third kappa shape index (κ3) is 2.54. The van der Waals surface area contributed by atoms with E-state index >= 15 is 0 Å². The molecule has 0 spiro atoms. The van der Waals surface area contributed by atoms with Crippen LogP contribution >= 0.6 is 11.8 Å². The molecule has 1 saturated heterocycles. The molecule has 7 heteroatoms. The standard InChI is InChI=1S/C19H26N2O4S/c22-9-15-14(23)4-16(26-15)21-8-13(17(24)20-18(21)25)19-5-10-1-11(6-19)3-12(2-10)7-19/h8,10-12,14-16,22-23H,1-7,9H2,(H,20,24,25)/t10?,11?,12?,14?,15?,16-,19?/m1/s1. The summed E-state index contributed by atoms with van der Waals surface area (Å²) >= 11 is 1.42. The van der Waals surface area contributed by atoms with E-state index in [2.05, 4.69) is 4.98 Å². The highest BCUT2D eigenvalue weighted by molar-refractivity contribution is 8.00. The number of rotatable bonds is 3. The van der Waals surface area contributed by atoms with Gasteiger partial charge in [0, 0.05) is 23.6 Å². The molecular weight excluding hydrogens is 352 g/mol. The summed E-state index contributed by atoms with van der Waals surface area (Å²) in [5.74, 6) is 2.17. The average molecular weight is 378 g/mol. The van der Waals surface area contributed by atoms with Crippen LogP contribution in [0.25, 0.3) is 0 Å². The molecule has 0 amide bonds. The summed E-state index contributed by atoms with van der Waals surface area (Å²) < 4.78 is 1.60. The highest BCUT2D eigenvalue weighted by Crippen LogP contribution is 2.60. The number of hydrogen-bond acceptors (Lipinski definition) is 5. The van der Waals surface area contributed by atoms with Gasteiger partial charge in [-0.05, 0) is 56.3 Å². The Bertz CT molecular complexity index is 796. The Kier molecular flexibility index (Phi) is 3.92. The van der Waals surface area contributed by atoms with Gasteiger partial charge >= 0.3 is 5.69 Å². The molecule has 2 heterocycles. The normalized spacial score (nSPS) is 43.9. The van der Waals surface area contributed by atoms with Gasteiger partial charge in [-0.25, -0.2) is 4.79 Å². The van der Waals surface area contributed by atoms with Crippen LogP contribution in [0.3, 0.4) is 0 Å². The predicted molar refractivity (Wildman–Crippen MR) is 99.3 cm³/mol. The summed E-state index contributed by atoms with van der Waals surface area (Å²) in [6, 6.07) is 0. The largest absolute Gasteiger partial charge is 0.395 e. The summed E-state index contributed by atoms with van der Waals surface area (Å²) in [7, 11) is 0. The van der Waals surface area contributed by atoms with Crippen molar-refractivity contribution >= 4 is 11.8 Å². The second kappa shape index (κ2) is 5.97. The van der Waals surface area contributed by atoms with Gasteiger partial charge in [-0.1, -0.05) is 0 Å². The number of nitrogens with one attached hydrogen (secondary N) is 1. The molecule has 26 heavy (non-hydrogen) atoms. The number of nitrogens with zero attached hydrogens (tertiary/aromatic N) is 1. The summed E-state index contributed by atoms with van der Waals surface area (Å²) in [5, 5.41) is 19.0. The number of thioether (sulfide) groups is 1. The zero-order valence-corrected chi connectivity index (χ0v) is 15.6. The molecule has 4 saturated carbocycles. The fraction of sp³-hybridized carbons (Fsp3) is 0.789. The van der Waals surface area contributed by atoms with Gasteiger partial charge in [-0.3, -0.25) is 14.3 Å². The molecule has 0 radical (unpaired) electrons. The predicted octanol–water partition coefficient (Wildman–Crippen LogP) is 1.36. The number of aromatic amines is 1. The molecular formula is C19H26N2O4S. The van der Waals surface area contributed by atoms with E-state index < -0.39 is 11.8 Å². The van der Waals surface area contributed by atoms with Gasteiger partial charge in [-0.2, -0.15) is 0 Å². The van der Waals surface area contributed by atoms with Crippen molar-refractivity contribution in [1.29, 1.82) is 0 Å². The van der Waals surface area contributed by atoms with Crippen molar-refractivity contribution in [2.75, 3.05) is 6.61 Å². The Morgan fingerprint density at radius 1 is 1.12 bits per heavy atom. The van der Waals surface area contributed by atoms with Crippen molar-refractivity contribution in [2.24, 2.45) is 17.8 Å². The zero-order chi connectivity index (χ0) is 18.1. The minimum absolute atomic E-state index is 0.0734. The van der Waals surface area contributed by atoms with E-state index in [0.717, 1.165) is 42.6 Å². The first kappa shape index (κ1) is 17.1. The second-order valence-electron chi connectivity index (χ2n) is 9.02. The first-order chi connectivity index (χ1) is 12.5. The number of H-pyrrole nitrogens is 1. The average Bonchev–Trinajstić information content (AvgIpc) is 2.94. The number of aromatic nitrogens is 2. The number of hydrogen-bond donors (Lipinski definition) is 3. The van der Waals surface area contributed by atoms with Crippen LogP contribution in [0.15, 0.2) is 15.8 Å². The van der Waals surface area contributed by atoms with E-state index in [1.54, 1.807) is 10.8 Å². The van der Waals surface area contributed by atoms with Gasteiger partial charge in [0.15, 0.2) is 0 Å². The lowest BCUT2D eigenvalue weighted by molar-refractivity contribution is -0.00623. The Morgan fingerprint density at radius 3 is 2.27 bits per heavy atom. The lowest BCUT2D eigenvalue weighted by atomic mass is 9.48. The van der Waals surface area contributed by atoms with Crippen LogP contribution in [0.2, 0.25) is 0 Å². The molecule has 3 N–H and O–H groups in total. The highest BCUT2D eigenvalue weighted by atomic mass is 32.2. The fourth-order valence-electron chi connectivity index (χ4n) is 6.57. The van der Waals surface area contributed by atoms with Crippen LogP contribution in [-0.2, 0) is 5.41 Å². The van der Waals surface area contributed by atoms with Crippen LogP contribution in [-0.4, -0.2) is 37.7 Å². The number of aliphatic hydroxyl groups excluding tert-OH is 2. The van der Waals surface area contributed by atoms with Gasteiger partial charge in [0.25, 0.3) is 5.56 Å². The van der Waals surface area contributed by atoms with Crippen molar-refractivity contribution in [2.45, 2.75) is 67.1 Å². The van der Waals surface area contributed by atoms with Crippen molar-refractivity contribution in [3.05, 3.63) is 32.6 Å². The third-order valence-electron chi connectivity index (χ3n) is 7.27. The molecule has 4 bridgehead atoms. The molecule has 6 rings (SSSR count). The summed E-state index contributed by atoms with van der Waals surface area (Å²) in [5.41, 5.74) is 0.0664. The minimum Gasteiger partial charge on any atom is -0.395 e. The smallest absolute Gasteiger partial charge is 0.329 e. The molecule has 1 aromatic heterocycles. The number of aliphatic hydroxyl groups is 2. The molecule has 4 aliphatic carbocycles. The quantitative estimate of drug-likeness (QED) is 0.738. The molecule has 0 aromatic carbocycles. The van der Waals surface area contributed by atoms with Gasteiger partial charge in [0.1, 0.15) is 0 Å². The molecule has 142 valence electrons. The van der Waals surface area contributed by atoms with Crippen molar-refractivity contribution in [1.82, 2.24) is 9.55 Å². The van der Waals surface area contributed by atoms with E-state index in [9.17, 15) is 19.8 Å². The SMILES string of the molecule is O=c1[nH]c(=O)n([C@H]2CC(O)C(CO)S2)cc1C12CC3CC(CC(C3)C1)C2. The van der Waals surface area contributed by atoms with Crippen LogP contribution in [0, 0.1) is 17.8 Å². The van der Waals surface area contributed by atoms with Crippen LogP contribution in [0.1, 0.15) is 55.9 Å². The minimum atomic E-state index is -0.628. The van der Waals surface area contributed by atoms with Crippen LogP contribution < -0.4 is 11.2 Å². The first-order valence-electron chi connectivity index (χ1n) is 9.78. The van der Waals surface area contributed by atoms with Crippen molar-refractivity contribution in [3.63, 3.8) is 0 Å². The first-order valence-corrected chi connectivity index (χ1v) is 10.7. The Morgan fingerprint density at radius 2 is 1.73 bits per heavy atom. The summed E-state index contributed by atoms with van der Waals surface area (Å²) in [6.45, 7) is -0.109.